The molecule has 214 valence electrons. The molecule has 0 aromatic heterocycles. The highest BCUT2D eigenvalue weighted by Crippen LogP contribution is 2.13. The smallest absolute Gasteiger partial charge is 0.141 e. The average Bonchev–Trinajstić information content (AvgIpc) is 2.93. The van der Waals surface area contributed by atoms with Gasteiger partial charge < -0.3 is 40.1 Å². The summed E-state index contributed by atoms with van der Waals surface area (Å²) < 4.78 is 22.3. The summed E-state index contributed by atoms with van der Waals surface area (Å²) in [4.78, 5) is 12.3. The Hall–Kier alpha value is -1.39. The lowest BCUT2D eigenvalue weighted by Crippen LogP contribution is -2.54. The van der Waals surface area contributed by atoms with Crippen LogP contribution in [0.5, 0.6) is 0 Å². The minimum atomic E-state index is -0.655. The fraction of sp³-hybridized carbons (Fsp3) is 0.759. The maximum absolute atomic E-state index is 12.3. The molecule has 0 aliphatic carbocycles. The van der Waals surface area contributed by atoms with Crippen molar-refractivity contribution in [1.29, 1.82) is 0 Å². The quantitative estimate of drug-likeness (QED) is 0.119. The van der Waals surface area contributed by atoms with Crippen LogP contribution >= 0.6 is 0 Å². The van der Waals surface area contributed by atoms with Crippen LogP contribution in [-0.4, -0.2) is 84.8 Å². The summed E-state index contributed by atoms with van der Waals surface area (Å²) in [5.41, 5.74) is 6.21. The Balaban J connectivity index is 2.58. The summed E-state index contributed by atoms with van der Waals surface area (Å²) in [6.45, 7) is 5.93. The zero-order chi connectivity index (χ0) is 26.9. The number of hydrogen-bond acceptors (Lipinski definition) is 8. The highest BCUT2D eigenvalue weighted by Gasteiger charge is 2.28. The van der Waals surface area contributed by atoms with Crippen LogP contribution in [0.2, 0.25) is 0 Å². The van der Waals surface area contributed by atoms with Gasteiger partial charge in [-0.25, -0.2) is 0 Å². The van der Waals surface area contributed by atoms with Gasteiger partial charge in [-0.2, -0.15) is 0 Å². The van der Waals surface area contributed by atoms with Crippen LogP contribution < -0.4 is 16.4 Å². The van der Waals surface area contributed by atoms with Crippen LogP contribution in [0, 0.1) is 0 Å². The molecule has 0 saturated heterocycles. The summed E-state index contributed by atoms with van der Waals surface area (Å²) in [6, 6.07) is 10.2. The first kappa shape index (κ1) is 33.6. The molecule has 0 spiro atoms. The Labute approximate surface area is 225 Å². The van der Waals surface area contributed by atoms with Crippen molar-refractivity contribution in [1.82, 2.24) is 10.6 Å². The Morgan fingerprint density at radius 3 is 2.22 bits per heavy atom. The predicted molar refractivity (Wildman–Crippen MR) is 150 cm³/mol. The van der Waals surface area contributed by atoms with Crippen molar-refractivity contribution in [3.05, 3.63) is 35.9 Å². The van der Waals surface area contributed by atoms with E-state index in [1.807, 2.05) is 18.2 Å². The third kappa shape index (κ3) is 17.7. The summed E-state index contributed by atoms with van der Waals surface area (Å²) in [7, 11) is 3.46. The maximum Gasteiger partial charge on any atom is 0.141 e. The fourth-order valence-corrected chi connectivity index (χ4v) is 4.08. The zero-order valence-corrected chi connectivity index (χ0v) is 23.4. The second-order valence-corrected chi connectivity index (χ2v) is 9.66. The molecule has 1 unspecified atom stereocenters. The van der Waals surface area contributed by atoms with Gasteiger partial charge in [-0.3, -0.25) is 0 Å². The Morgan fingerprint density at radius 1 is 0.892 bits per heavy atom. The van der Waals surface area contributed by atoms with Crippen molar-refractivity contribution in [3.8, 4) is 0 Å². The van der Waals surface area contributed by atoms with Crippen LogP contribution in [0.15, 0.2) is 30.3 Å². The topological polar surface area (TPSA) is 104 Å². The number of nitrogens with one attached hydrogen (secondary N) is 2. The van der Waals surface area contributed by atoms with E-state index in [0.29, 0.717) is 46.0 Å². The number of aldehydes is 1. The highest BCUT2D eigenvalue weighted by molar-refractivity contribution is 5.64. The average molecular weight is 524 g/mol. The Morgan fingerprint density at radius 2 is 1.57 bits per heavy atom. The maximum atomic E-state index is 12.3. The first-order valence-electron chi connectivity index (χ1n) is 14.0. The van der Waals surface area contributed by atoms with E-state index in [1.54, 1.807) is 14.2 Å². The molecule has 0 saturated carbocycles. The van der Waals surface area contributed by atoms with Crippen molar-refractivity contribution in [2.75, 3.05) is 66.9 Å². The summed E-state index contributed by atoms with van der Waals surface area (Å²) in [5.74, 6) is 0. The van der Waals surface area contributed by atoms with Crippen LogP contribution in [-0.2, 0) is 30.3 Å². The molecule has 0 radical (unpaired) electrons. The minimum absolute atomic E-state index is 0.0658. The van der Waals surface area contributed by atoms with Gasteiger partial charge >= 0.3 is 0 Å². The van der Waals surface area contributed by atoms with Gasteiger partial charge in [0.2, 0.25) is 0 Å². The number of carbonyl (C=O) groups excluding carboxylic acids is 1. The molecular formula is C29H53N3O5. The van der Waals surface area contributed by atoms with Crippen LogP contribution in [0.1, 0.15) is 63.4 Å². The molecule has 0 aliphatic heterocycles. The van der Waals surface area contributed by atoms with Crippen molar-refractivity contribution < 1.29 is 23.7 Å². The second-order valence-electron chi connectivity index (χ2n) is 9.66. The lowest BCUT2D eigenvalue weighted by molar-refractivity contribution is -0.113. The van der Waals surface area contributed by atoms with Gasteiger partial charge in [0.15, 0.2) is 0 Å². The molecule has 37 heavy (non-hydrogen) atoms. The molecular weight excluding hydrogens is 470 g/mol. The summed E-state index contributed by atoms with van der Waals surface area (Å²) >= 11 is 0. The number of benzene rings is 1. The normalized spacial score (nSPS) is 13.9. The first-order valence-corrected chi connectivity index (χ1v) is 14.0. The van der Waals surface area contributed by atoms with E-state index < -0.39 is 5.54 Å². The number of hydrogen-bond donors (Lipinski definition) is 3. The van der Waals surface area contributed by atoms with Gasteiger partial charge in [0.05, 0.1) is 18.2 Å². The van der Waals surface area contributed by atoms with Gasteiger partial charge in [0.1, 0.15) is 6.29 Å². The predicted octanol–water partition coefficient (Wildman–Crippen LogP) is 3.47. The number of ether oxygens (including phenoxy) is 4. The van der Waals surface area contributed by atoms with Gasteiger partial charge in [0.25, 0.3) is 0 Å². The van der Waals surface area contributed by atoms with Gasteiger partial charge in [0, 0.05) is 60.3 Å². The Bertz CT molecular complexity index is 637. The van der Waals surface area contributed by atoms with Crippen LogP contribution in [0.3, 0.4) is 0 Å². The third-order valence-corrected chi connectivity index (χ3v) is 6.39. The molecule has 1 rings (SSSR count). The van der Waals surface area contributed by atoms with Gasteiger partial charge in [-0.05, 0) is 69.9 Å². The van der Waals surface area contributed by atoms with Crippen LogP contribution in [0.4, 0.5) is 0 Å². The molecule has 0 fully saturated rings. The van der Waals surface area contributed by atoms with E-state index in [0.717, 1.165) is 82.9 Å². The summed E-state index contributed by atoms with van der Waals surface area (Å²) in [6.07, 6.45) is 9.78. The largest absolute Gasteiger partial charge is 0.385 e. The van der Waals surface area contributed by atoms with Crippen molar-refractivity contribution in [2.45, 2.75) is 76.0 Å². The lowest BCUT2D eigenvalue weighted by atomic mass is 9.93. The molecule has 1 aromatic carbocycles. The lowest BCUT2D eigenvalue weighted by Gasteiger charge is -2.31. The van der Waals surface area contributed by atoms with E-state index in [9.17, 15) is 4.79 Å². The highest BCUT2D eigenvalue weighted by atomic mass is 16.5. The molecule has 0 heterocycles. The molecule has 0 bridgehead atoms. The standard InChI is InChI=1S/C29H53N3O5/c1-34-18-10-4-12-20-36-24-28(37-21-13-5-11-19-35-2)23-31-25-29(26-33,16-8-9-17-30)32-22-27-14-6-3-7-15-27/h3,6-7,14-15,26,28,31-32H,4-5,8-13,16-25,30H2,1-2H3/t28?,29-/m1/s1. The molecule has 0 aliphatic rings. The van der Waals surface area contributed by atoms with E-state index in [4.69, 9.17) is 24.7 Å². The monoisotopic (exact) mass is 523 g/mol. The van der Waals surface area contributed by atoms with E-state index >= 15 is 0 Å². The van der Waals surface area contributed by atoms with E-state index in [2.05, 4.69) is 22.8 Å². The number of nitrogens with two attached hydrogens (primary N) is 1. The number of unbranched alkanes of at least 4 members (excludes halogenated alkanes) is 5. The molecule has 8 heteroatoms. The molecule has 1 aromatic rings. The van der Waals surface area contributed by atoms with Gasteiger partial charge in [-0.1, -0.05) is 30.3 Å². The number of methoxy groups -OCH3 is 2. The second kappa shape index (κ2) is 23.7. The van der Waals surface area contributed by atoms with Crippen molar-refractivity contribution in [2.24, 2.45) is 5.73 Å². The zero-order valence-electron chi connectivity index (χ0n) is 23.4. The SMILES string of the molecule is COCCCCCOCC(CNC[C@@](C=O)(CCCCN)NCc1ccccc1)OCCCCCOC. The van der Waals surface area contributed by atoms with E-state index in [1.165, 1.54) is 0 Å². The number of rotatable bonds is 27. The van der Waals surface area contributed by atoms with Gasteiger partial charge in [-0.15, -0.1) is 0 Å². The van der Waals surface area contributed by atoms with Crippen molar-refractivity contribution >= 4 is 6.29 Å². The third-order valence-electron chi connectivity index (χ3n) is 6.39. The molecule has 4 N–H and O–H groups in total. The molecule has 8 nitrogen and oxygen atoms in total. The molecule has 0 amide bonds. The van der Waals surface area contributed by atoms with Crippen molar-refractivity contribution in [3.63, 3.8) is 0 Å². The summed E-state index contributed by atoms with van der Waals surface area (Å²) in [5, 5.41) is 7.02. The van der Waals surface area contributed by atoms with Crippen LogP contribution in [0.25, 0.3) is 0 Å². The number of carbonyl (C=O) groups is 1. The molecule has 2 atom stereocenters. The first-order chi connectivity index (χ1) is 18.2. The fourth-order valence-electron chi connectivity index (χ4n) is 4.08. The minimum Gasteiger partial charge on any atom is -0.385 e. The van der Waals surface area contributed by atoms with E-state index in [-0.39, 0.29) is 6.10 Å². The Kier molecular flexibility index (Phi) is 21.6.